The Morgan fingerprint density at radius 3 is 1.92 bits per heavy atom. The molecular formula is C15H14O8S3. The van der Waals surface area contributed by atoms with Gasteiger partial charge in [0.15, 0.2) is 0 Å². The molecule has 26 heavy (non-hydrogen) atoms. The molecule has 0 saturated heterocycles. The van der Waals surface area contributed by atoms with Crippen LogP contribution >= 0.6 is 0 Å². The number of hydrogen-bond acceptors (Lipinski definition) is 6. The van der Waals surface area contributed by atoms with Crippen molar-refractivity contribution in [3.8, 4) is 0 Å². The van der Waals surface area contributed by atoms with E-state index in [4.69, 9.17) is 0 Å². The minimum Gasteiger partial charge on any atom is -0.282 e. The fourth-order valence-corrected chi connectivity index (χ4v) is 6.03. The van der Waals surface area contributed by atoms with Crippen molar-refractivity contribution in [2.45, 2.75) is 38.8 Å². The second-order valence-electron chi connectivity index (χ2n) is 6.03. The third-order valence-corrected chi connectivity index (χ3v) is 7.85. The molecule has 2 aromatic rings. The van der Waals surface area contributed by atoms with Crippen LogP contribution in [0.15, 0.2) is 56.0 Å². The van der Waals surface area contributed by atoms with Crippen molar-refractivity contribution < 1.29 is 34.4 Å². The number of hydrogen-bond donors (Lipinski definition) is 2. The Kier molecular flexibility index (Phi) is 4.28. The van der Waals surface area contributed by atoms with Gasteiger partial charge in [-0.15, -0.1) is 0 Å². The Labute approximate surface area is 150 Å². The fraction of sp³-hybridized carbons (Fsp3) is 0.200. The molecule has 140 valence electrons. The van der Waals surface area contributed by atoms with Gasteiger partial charge in [0.1, 0.15) is 0 Å². The third-order valence-electron chi connectivity index (χ3n) is 4.26. The topological polar surface area (TPSA) is 143 Å². The highest BCUT2D eigenvalue weighted by Gasteiger charge is 2.32. The van der Waals surface area contributed by atoms with Crippen LogP contribution in [0.25, 0.3) is 0 Å². The van der Waals surface area contributed by atoms with Gasteiger partial charge in [-0.25, -0.2) is 8.42 Å². The van der Waals surface area contributed by atoms with E-state index < -0.39 is 39.9 Å². The van der Waals surface area contributed by atoms with Gasteiger partial charge in [-0.2, -0.15) is 16.8 Å². The molecular weight excluding hydrogens is 404 g/mol. The van der Waals surface area contributed by atoms with Crippen molar-refractivity contribution in [3.05, 3.63) is 47.5 Å². The van der Waals surface area contributed by atoms with Crippen molar-refractivity contribution in [2.24, 2.45) is 0 Å². The average molecular weight is 418 g/mol. The molecule has 0 aliphatic carbocycles. The van der Waals surface area contributed by atoms with Crippen LogP contribution in [0, 0.1) is 0 Å². The minimum absolute atomic E-state index is 0.262. The zero-order chi connectivity index (χ0) is 19.5. The van der Waals surface area contributed by atoms with Crippen LogP contribution < -0.4 is 0 Å². The molecule has 2 aromatic carbocycles. The lowest BCUT2D eigenvalue weighted by Gasteiger charge is -2.12. The summed E-state index contributed by atoms with van der Waals surface area (Å²) in [5, 5.41) is 0. The molecule has 11 heteroatoms. The minimum atomic E-state index is -4.62. The first-order valence-electron chi connectivity index (χ1n) is 7.29. The molecule has 8 nitrogen and oxygen atoms in total. The zero-order valence-electron chi connectivity index (χ0n) is 13.3. The summed E-state index contributed by atoms with van der Waals surface area (Å²) in [6.07, 6.45) is 0.262. The van der Waals surface area contributed by atoms with Crippen LogP contribution in [0.1, 0.15) is 24.0 Å². The fourth-order valence-electron chi connectivity index (χ4n) is 2.99. The Morgan fingerprint density at radius 2 is 1.38 bits per heavy atom. The van der Waals surface area contributed by atoms with Crippen LogP contribution in [-0.4, -0.2) is 34.4 Å². The first-order chi connectivity index (χ1) is 11.8. The molecule has 0 saturated carbocycles. The molecule has 0 spiro atoms. The summed E-state index contributed by atoms with van der Waals surface area (Å²) in [7, 11) is -13.5. The molecule has 0 bridgehead atoms. The van der Waals surface area contributed by atoms with Gasteiger partial charge in [0.25, 0.3) is 20.2 Å². The van der Waals surface area contributed by atoms with Crippen LogP contribution in [0.4, 0.5) is 0 Å². The van der Waals surface area contributed by atoms with Gasteiger partial charge >= 0.3 is 0 Å². The summed E-state index contributed by atoms with van der Waals surface area (Å²) >= 11 is 0. The maximum Gasteiger partial charge on any atom is 0.294 e. The Morgan fingerprint density at radius 1 is 0.885 bits per heavy atom. The number of rotatable bonds is 2. The monoisotopic (exact) mass is 418 g/mol. The van der Waals surface area contributed by atoms with E-state index in [0.29, 0.717) is 11.1 Å². The molecule has 1 atom stereocenters. The Hall–Kier alpha value is -1.79. The second-order valence-corrected chi connectivity index (χ2v) is 10.8. The third kappa shape index (κ3) is 3.16. The van der Waals surface area contributed by atoms with Gasteiger partial charge < -0.3 is 0 Å². The summed E-state index contributed by atoms with van der Waals surface area (Å²) in [6, 6.07) is 6.54. The van der Waals surface area contributed by atoms with E-state index in [0.717, 1.165) is 24.3 Å². The highest BCUT2D eigenvalue weighted by atomic mass is 32.2. The molecule has 1 unspecified atom stereocenters. The molecule has 0 radical (unpaired) electrons. The lowest BCUT2D eigenvalue weighted by atomic mass is 9.94. The van der Waals surface area contributed by atoms with E-state index in [2.05, 4.69) is 0 Å². The van der Waals surface area contributed by atoms with Gasteiger partial charge in [0.2, 0.25) is 9.84 Å². The van der Waals surface area contributed by atoms with Crippen LogP contribution in [0.5, 0.6) is 0 Å². The molecule has 0 fully saturated rings. The molecule has 1 aliphatic heterocycles. The van der Waals surface area contributed by atoms with E-state index in [-0.39, 0.29) is 22.1 Å². The number of fused-ring (bicyclic) bond motifs is 2. The molecule has 0 aromatic heterocycles. The quantitative estimate of drug-likeness (QED) is 0.701. The van der Waals surface area contributed by atoms with Crippen LogP contribution in [0.2, 0.25) is 0 Å². The lowest BCUT2D eigenvalue weighted by molar-refractivity contribution is 0.480. The molecule has 1 heterocycles. The average Bonchev–Trinajstić information content (AvgIpc) is 2.59. The van der Waals surface area contributed by atoms with Gasteiger partial charge in [0, 0.05) is 0 Å². The van der Waals surface area contributed by atoms with Crippen molar-refractivity contribution in [3.63, 3.8) is 0 Å². The Bertz CT molecular complexity index is 1230. The first-order valence-corrected chi connectivity index (χ1v) is 11.6. The first kappa shape index (κ1) is 19.0. The normalized spacial score (nSPS) is 19.3. The van der Waals surface area contributed by atoms with Gasteiger partial charge in [-0.3, -0.25) is 9.11 Å². The summed E-state index contributed by atoms with van der Waals surface area (Å²) < 4.78 is 90.0. The summed E-state index contributed by atoms with van der Waals surface area (Å²) in [4.78, 5) is -1.82. The maximum absolute atomic E-state index is 13.1. The second kappa shape index (κ2) is 5.86. The number of sulfone groups is 1. The van der Waals surface area contributed by atoms with E-state index in [9.17, 15) is 34.4 Å². The van der Waals surface area contributed by atoms with Crippen molar-refractivity contribution in [1.82, 2.24) is 0 Å². The van der Waals surface area contributed by atoms with Crippen LogP contribution in [-0.2, 0) is 36.5 Å². The summed E-state index contributed by atoms with van der Waals surface area (Å²) in [6.45, 7) is 1.74. The van der Waals surface area contributed by atoms with E-state index in [1.54, 1.807) is 6.92 Å². The van der Waals surface area contributed by atoms with E-state index >= 15 is 0 Å². The predicted molar refractivity (Wildman–Crippen MR) is 90.1 cm³/mol. The van der Waals surface area contributed by atoms with Gasteiger partial charge in [0.05, 0.1) is 19.6 Å². The maximum atomic E-state index is 13.1. The standard InChI is InChI=1S/C15H14O8S3/c1-9-6-10-2-3-11(25(18,19)20)7-14(10)24(16,17)15-8-12(26(21,22)23)4-5-13(9)15/h2-5,7-9H,6H2,1H3,(H,18,19,20)(H,21,22,23). The Balaban J connectivity index is 2.38. The van der Waals surface area contributed by atoms with Crippen molar-refractivity contribution in [2.75, 3.05) is 0 Å². The summed E-state index contributed by atoms with van der Waals surface area (Å²) in [5.74, 6) is -0.312. The van der Waals surface area contributed by atoms with Crippen molar-refractivity contribution >= 4 is 30.1 Å². The van der Waals surface area contributed by atoms with Crippen molar-refractivity contribution in [1.29, 1.82) is 0 Å². The lowest BCUT2D eigenvalue weighted by Crippen LogP contribution is -2.09. The highest BCUT2D eigenvalue weighted by Crippen LogP contribution is 2.39. The van der Waals surface area contributed by atoms with Crippen LogP contribution in [0.3, 0.4) is 0 Å². The highest BCUT2D eigenvalue weighted by molar-refractivity contribution is 7.91. The largest absolute Gasteiger partial charge is 0.294 e. The molecule has 2 N–H and O–H groups in total. The van der Waals surface area contributed by atoms with Gasteiger partial charge in [-0.1, -0.05) is 19.1 Å². The van der Waals surface area contributed by atoms with E-state index in [1.165, 1.54) is 12.1 Å². The molecule has 0 amide bonds. The van der Waals surface area contributed by atoms with E-state index in [1.807, 2.05) is 0 Å². The SMILES string of the molecule is CC1Cc2ccc(S(=O)(=O)O)cc2S(=O)(=O)c2cc(S(=O)(=O)O)ccc21. The molecule has 3 rings (SSSR count). The van der Waals surface area contributed by atoms with Gasteiger partial charge in [-0.05, 0) is 47.7 Å². The zero-order valence-corrected chi connectivity index (χ0v) is 15.8. The smallest absolute Gasteiger partial charge is 0.282 e. The molecule has 1 aliphatic rings. The summed E-state index contributed by atoms with van der Waals surface area (Å²) in [5.41, 5.74) is 0.691. The predicted octanol–water partition coefficient (Wildman–Crippen LogP) is 1.67. The number of benzene rings is 2.